The molecular formula is C19H28N4O2. The highest BCUT2D eigenvalue weighted by Gasteiger charge is 2.31. The number of carbonyl (C=O) groups excluding carboxylic acids is 2. The lowest BCUT2D eigenvalue weighted by molar-refractivity contribution is -0.128. The summed E-state index contributed by atoms with van der Waals surface area (Å²) in [5.74, 6) is 0.0273. The summed E-state index contributed by atoms with van der Waals surface area (Å²) in [6.45, 7) is 6.08. The Bertz CT molecular complexity index is 628. The Morgan fingerprint density at radius 2 is 2.00 bits per heavy atom. The van der Waals surface area contributed by atoms with E-state index in [1.165, 1.54) is 25.9 Å². The zero-order chi connectivity index (χ0) is 17.8. The number of hydrogen-bond acceptors (Lipinski definition) is 3. The summed E-state index contributed by atoms with van der Waals surface area (Å²) in [5.41, 5.74) is 1.79. The van der Waals surface area contributed by atoms with Crippen LogP contribution in [0.2, 0.25) is 0 Å². The minimum Gasteiger partial charge on any atom is -0.342 e. The van der Waals surface area contributed by atoms with Crippen LogP contribution in [0.1, 0.15) is 31.7 Å². The van der Waals surface area contributed by atoms with Gasteiger partial charge in [0.05, 0.1) is 0 Å². The number of nitrogens with zero attached hydrogens (tertiary/aromatic N) is 3. The topological polar surface area (TPSA) is 55.9 Å². The van der Waals surface area contributed by atoms with Gasteiger partial charge in [0.1, 0.15) is 0 Å². The van der Waals surface area contributed by atoms with Crippen LogP contribution in [0.25, 0.3) is 0 Å². The van der Waals surface area contributed by atoms with Crippen LogP contribution < -0.4 is 5.32 Å². The van der Waals surface area contributed by atoms with E-state index in [-0.39, 0.29) is 11.9 Å². The summed E-state index contributed by atoms with van der Waals surface area (Å²) in [6.07, 6.45) is 3.63. The summed E-state index contributed by atoms with van der Waals surface area (Å²) in [4.78, 5) is 30.0. The van der Waals surface area contributed by atoms with Gasteiger partial charge in [-0.05, 0) is 50.0 Å². The second kappa shape index (κ2) is 7.87. The Morgan fingerprint density at radius 1 is 1.24 bits per heavy atom. The summed E-state index contributed by atoms with van der Waals surface area (Å²) in [7, 11) is 1.77. The second-order valence-electron chi connectivity index (χ2n) is 7.14. The van der Waals surface area contributed by atoms with Crippen molar-refractivity contribution in [3.8, 4) is 0 Å². The summed E-state index contributed by atoms with van der Waals surface area (Å²) in [6, 6.07) is 8.20. The fourth-order valence-corrected chi connectivity index (χ4v) is 3.67. The van der Waals surface area contributed by atoms with Crippen LogP contribution in [0.5, 0.6) is 0 Å². The van der Waals surface area contributed by atoms with Crippen molar-refractivity contribution in [3.05, 3.63) is 29.8 Å². The number of rotatable bonds is 4. The molecule has 2 aliphatic heterocycles. The van der Waals surface area contributed by atoms with Crippen LogP contribution in [0.4, 0.5) is 10.5 Å². The third kappa shape index (κ3) is 4.51. The van der Waals surface area contributed by atoms with Crippen LogP contribution in [0.3, 0.4) is 0 Å². The molecule has 6 heteroatoms. The number of likely N-dealkylation sites (tertiary alicyclic amines) is 2. The van der Waals surface area contributed by atoms with Crippen LogP contribution >= 0.6 is 0 Å². The van der Waals surface area contributed by atoms with Gasteiger partial charge in [-0.25, -0.2) is 4.79 Å². The molecule has 1 aromatic rings. The summed E-state index contributed by atoms with van der Waals surface area (Å²) in [5, 5.41) is 3.00. The van der Waals surface area contributed by atoms with E-state index in [0.29, 0.717) is 12.6 Å². The maximum atomic E-state index is 12.5. The van der Waals surface area contributed by atoms with Crippen LogP contribution in [0.15, 0.2) is 24.3 Å². The number of amides is 3. The average Bonchev–Trinajstić information content (AvgIpc) is 3.26. The number of benzene rings is 1. The molecule has 3 rings (SSSR count). The van der Waals surface area contributed by atoms with E-state index in [1.807, 2.05) is 29.2 Å². The monoisotopic (exact) mass is 344 g/mol. The third-order valence-corrected chi connectivity index (χ3v) is 5.24. The Hall–Kier alpha value is -2.08. The van der Waals surface area contributed by atoms with E-state index in [1.54, 1.807) is 18.9 Å². The molecule has 1 unspecified atom stereocenters. The Morgan fingerprint density at radius 3 is 2.72 bits per heavy atom. The Balaban J connectivity index is 1.55. The maximum Gasteiger partial charge on any atom is 0.321 e. The minimum absolute atomic E-state index is 0.0273. The first kappa shape index (κ1) is 17.7. The SMILES string of the molecule is CC(=O)N(C)Cc1cccc(NC(=O)N2CCC(N3CCCC3)C2)c1. The van der Waals surface area contributed by atoms with Crippen molar-refractivity contribution in [2.24, 2.45) is 0 Å². The van der Waals surface area contributed by atoms with Gasteiger partial charge in [-0.1, -0.05) is 12.1 Å². The Kier molecular flexibility index (Phi) is 5.58. The maximum absolute atomic E-state index is 12.5. The number of anilines is 1. The second-order valence-corrected chi connectivity index (χ2v) is 7.14. The van der Waals surface area contributed by atoms with E-state index in [2.05, 4.69) is 10.2 Å². The van der Waals surface area contributed by atoms with Crippen molar-refractivity contribution in [2.75, 3.05) is 38.5 Å². The van der Waals surface area contributed by atoms with Gasteiger partial charge in [-0.2, -0.15) is 0 Å². The number of hydrogen-bond donors (Lipinski definition) is 1. The first-order valence-corrected chi connectivity index (χ1v) is 9.13. The molecule has 0 aliphatic carbocycles. The average molecular weight is 344 g/mol. The highest BCUT2D eigenvalue weighted by Crippen LogP contribution is 2.21. The molecule has 136 valence electrons. The highest BCUT2D eigenvalue weighted by atomic mass is 16.2. The molecule has 2 fully saturated rings. The summed E-state index contributed by atoms with van der Waals surface area (Å²) < 4.78 is 0. The fraction of sp³-hybridized carbons (Fsp3) is 0.579. The third-order valence-electron chi connectivity index (χ3n) is 5.24. The first-order chi connectivity index (χ1) is 12.0. The number of carbonyl (C=O) groups is 2. The van der Waals surface area contributed by atoms with Crippen molar-refractivity contribution in [3.63, 3.8) is 0 Å². The minimum atomic E-state index is -0.0289. The molecule has 6 nitrogen and oxygen atoms in total. The lowest BCUT2D eigenvalue weighted by Gasteiger charge is -2.23. The van der Waals surface area contributed by atoms with Crippen molar-refractivity contribution in [2.45, 2.75) is 38.8 Å². The van der Waals surface area contributed by atoms with Crippen molar-refractivity contribution < 1.29 is 9.59 Å². The van der Waals surface area contributed by atoms with Crippen LogP contribution in [-0.2, 0) is 11.3 Å². The van der Waals surface area contributed by atoms with E-state index in [9.17, 15) is 9.59 Å². The highest BCUT2D eigenvalue weighted by molar-refractivity contribution is 5.89. The molecule has 0 spiro atoms. The number of urea groups is 1. The molecule has 3 amide bonds. The van der Waals surface area contributed by atoms with Gasteiger partial charge in [0, 0.05) is 45.3 Å². The predicted molar refractivity (Wildman–Crippen MR) is 98.4 cm³/mol. The van der Waals surface area contributed by atoms with E-state index >= 15 is 0 Å². The Labute approximate surface area is 149 Å². The molecule has 0 radical (unpaired) electrons. The quantitative estimate of drug-likeness (QED) is 0.912. The van der Waals surface area contributed by atoms with E-state index in [0.717, 1.165) is 30.8 Å². The zero-order valence-electron chi connectivity index (χ0n) is 15.2. The molecular weight excluding hydrogens is 316 g/mol. The molecule has 2 saturated heterocycles. The molecule has 1 N–H and O–H groups in total. The molecule has 1 aromatic carbocycles. The fourth-order valence-electron chi connectivity index (χ4n) is 3.67. The summed E-state index contributed by atoms with van der Waals surface area (Å²) >= 11 is 0. The molecule has 1 atom stereocenters. The molecule has 0 bridgehead atoms. The van der Waals surface area contributed by atoms with Crippen LogP contribution in [-0.4, -0.2) is 65.9 Å². The molecule has 0 saturated carbocycles. The zero-order valence-corrected chi connectivity index (χ0v) is 15.2. The van der Waals surface area contributed by atoms with Crippen molar-refractivity contribution >= 4 is 17.6 Å². The van der Waals surface area contributed by atoms with E-state index in [4.69, 9.17) is 0 Å². The predicted octanol–water partition coefficient (Wildman–Crippen LogP) is 2.37. The molecule has 2 aliphatic rings. The van der Waals surface area contributed by atoms with Crippen molar-refractivity contribution in [1.29, 1.82) is 0 Å². The van der Waals surface area contributed by atoms with Crippen molar-refractivity contribution in [1.82, 2.24) is 14.7 Å². The molecule has 25 heavy (non-hydrogen) atoms. The van der Waals surface area contributed by atoms with E-state index < -0.39 is 0 Å². The normalized spacial score (nSPS) is 20.7. The van der Waals surface area contributed by atoms with Crippen LogP contribution in [0, 0.1) is 0 Å². The van der Waals surface area contributed by atoms with Gasteiger partial charge in [0.15, 0.2) is 0 Å². The smallest absolute Gasteiger partial charge is 0.321 e. The van der Waals surface area contributed by atoms with Gasteiger partial charge in [-0.15, -0.1) is 0 Å². The first-order valence-electron chi connectivity index (χ1n) is 9.13. The standard InChI is InChI=1S/C19H28N4O2/c1-15(24)21(2)13-16-6-5-7-17(12-16)20-19(25)23-11-8-18(14-23)22-9-3-4-10-22/h5-7,12,18H,3-4,8-11,13-14H2,1-2H3,(H,20,25). The van der Waals surface area contributed by atoms with Gasteiger partial charge in [0.25, 0.3) is 0 Å². The van der Waals surface area contributed by atoms with Gasteiger partial charge in [0.2, 0.25) is 5.91 Å². The molecule has 0 aromatic heterocycles. The number of nitrogens with one attached hydrogen (secondary N) is 1. The van der Waals surface area contributed by atoms with Gasteiger partial charge >= 0.3 is 6.03 Å². The van der Waals surface area contributed by atoms with Gasteiger partial charge < -0.3 is 15.1 Å². The molecule has 2 heterocycles. The lowest BCUT2D eigenvalue weighted by Crippen LogP contribution is -2.38. The largest absolute Gasteiger partial charge is 0.342 e. The van der Waals surface area contributed by atoms with Gasteiger partial charge in [-0.3, -0.25) is 9.69 Å². The lowest BCUT2D eigenvalue weighted by atomic mass is 10.2.